The molecular weight excluding hydrogens is 184 g/mol. The highest BCUT2D eigenvalue weighted by Crippen LogP contribution is 2.26. The predicted molar refractivity (Wildman–Crippen MR) is 50.5 cm³/mol. The summed E-state index contributed by atoms with van der Waals surface area (Å²) in [4.78, 5) is 8.36. The highest BCUT2D eigenvalue weighted by atomic mass is 16.5. The van der Waals surface area contributed by atoms with Gasteiger partial charge in [0.2, 0.25) is 0 Å². The smallest absolute Gasteiger partial charge is 0.290 e. The molecule has 0 aromatic rings. The van der Waals surface area contributed by atoms with Gasteiger partial charge < -0.3 is 15.6 Å². The Balaban J connectivity index is 0.000000500. The van der Waals surface area contributed by atoms with Gasteiger partial charge in [-0.15, -0.1) is 0 Å². The third-order valence-electron chi connectivity index (χ3n) is 2.38. The summed E-state index contributed by atoms with van der Waals surface area (Å²) in [6.07, 6.45) is 3.69. The van der Waals surface area contributed by atoms with Gasteiger partial charge in [-0.3, -0.25) is 4.79 Å². The number of rotatable bonds is 1. The van der Waals surface area contributed by atoms with E-state index in [-0.39, 0.29) is 6.47 Å². The maximum atomic E-state index is 8.69. The maximum absolute atomic E-state index is 8.69. The summed E-state index contributed by atoms with van der Waals surface area (Å²) < 4.78 is 5.16. The van der Waals surface area contributed by atoms with E-state index in [1.54, 1.807) is 7.11 Å². The Kier molecular flexibility index (Phi) is 5.84. The van der Waals surface area contributed by atoms with Crippen LogP contribution in [0.15, 0.2) is 0 Å². The summed E-state index contributed by atoms with van der Waals surface area (Å²) in [6, 6.07) is 2.15. The molecule has 0 aliphatic heterocycles. The second-order valence-electron chi connectivity index (χ2n) is 3.31. The lowest BCUT2D eigenvalue weighted by Crippen LogP contribution is -2.43. The van der Waals surface area contributed by atoms with Gasteiger partial charge in [-0.2, -0.15) is 5.26 Å². The van der Waals surface area contributed by atoms with Crippen LogP contribution in [0, 0.1) is 11.3 Å². The molecule has 0 atom stereocenters. The molecule has 3 N–H and O–H groups in total. The fraction of sp³-hybridized carbons (Fsp3) is 0.778. The van der Waals surface area contributed by atoms with E-state index < -0.39 is 5.54 Å². The van der Waals surface area contributed by atoms with Crippen molar-refractivity contribution >= 4 is 6.47 Å². The first kappa shape index (κ1) is 12.9. The van der Waals surface area contributed by atoms with Crippen molar-refractivity contribution in [2.45, 2.75) is 37.3 Å². The van der Waals surface area contributed by atoms with Crippen LogP contribution in [0.5, 0.6) is 0 Å². The molecule has 5 nitrogen and oxygen atoms in total. The summed E-state index contributed by atoms with van der Waals surface area (Å²) in [6.45, 7) is -0.250. The highest BCUT2D eigenvalue weighted by Gasteiger charge is 2.31. The Morgan fingerprint density at radius 3 is 2.36 bits per heavy atom. The molecule has 14 heavy (non-hydrogen) atoms. The van der Waals surface area contributed by atoms with Crippen molar-refractivity contribution in [3.63, 3.8) is 0 Å². The molecule has 1 rings (SSSR count). The molecule has 0 radical (unpaired) electrons. The zero-order valence-corrected chi connectivity index (χ0v) is 8.27. The number of nitrogens with two attached hydrogens (primary N) is 1. The van der Waals surface area contributed by atoms with Crippen LogP contribution in [0.4, 0.5) is 0 Å². The van der Waals surface area contributed by atoms with Crippen LogP contribution in [-0.2, 0) is 9.53 Å². The SMILES string of the molecule is CO[C@H]1CC[C@](N)(C#N)CC1.O=CO. The van der Waals surface area contributed by atoms with Gasteiger partial charge in [-0.1, -0.05) is 0 Å². The number of carboxylic acid groups (broad SMARTS) is 1. The Hall–Kier alpha value is -1.12. The molecule has 0 bridgehead atoms. The van der Waals surface area contributed by atoms with Crippen molar-refractivity contribution in [2.24, 2.45) is 5.73 Å². The Labute approximate surface area is 83.5 Å². The fourth-order valence-corrected chi connectivity index (χ4v) is 1.45. The lowest BCUT2D eigenvalue weighted by molar-refractivity contribution is -0.122. The topological polar surface area (TPSA) is 96.3 Å². The summed E-state index contributed by atoms with van der Waals surface area (Å²) in [7, 11) is 1.71. The fourth-order valence-electron chi connectivity index (χ4n) is 1.45. The Morgan fingerprint density at radius 1 is 1.64 bits per heavy atom. The summed E-state index contributed by atoms with van der Waals surface area (Å²) in [5.74, 6) is 0. The van der Waals surface area contributed by atoms with Gasteiger partial charge in [0.15, 0.2) is 0 Å². The van der Waals surface area contributed by atoms with E-state index in [4.69, 9.17) is 25.6 Å². The number of methoxy groups -OCH3 is 1. The first-order valence-electron chi connectivity index (χ1n) is 4.42. The molecule has 0 aromatic heterocycles. The average Bonchev–Trinajstić information content (AvgIpc) is 2.20. The zero-order chi connectivity index (χ0) is 11.0. The number of nitriles is 1. The molecule has 0 amide bonds. The lowest BCUT2D eigenvalue weighted by Gasteiger charge is -2.30. The molecule has 0 heterocycles. The van der Waals surface area contributed by atoms with E-state index in [1.165, 1.54) is 0 Å². The molecule has 0 spiro atoms. The largest absolute Gasteiger partial charge is 0.483 e. The highest BCUT2D eigenvalue weighted by molar-refractivity contribution is 5.32. The minimum Gasteiger partial charge on any atom is -0.483 e. The van der Waals surface area contributed by atoms with Crippen LogP contribution in [0.2, 0.25) is 0 Å². The van der Waals surface area contributed by atoms with Gasteiger partial charge >= 0.3 is 0 Å². The van der Waals surface area contributed by atoms with Gasteiger partial charge in [-0.05, 0) is 25.7 Å². The Bertz CT molecular complexity index is 205. The number of hydrogen-bond acceptors (Lipinski definition) is 4. The normalized spacial score (nSPS) is 30.8. The number of ether oxygens (including phenoxy) is 1. The van der Waals surface area contributed by atoms with Gasteiger partial charge in [0.1, 0.15) is 5.54 Å². The molecule has 0 saturated heterocycles. The van der Waals surface area contributed by atoms with Crippen LogP contribution in [-0.4, -0.2) is 30.3 Å². The van der Waals surface area contributed by atoms with Crippen LogP contribution in [0.3, 0.4) is 0 Å². The molecule has 5 heteroatoms. The van der Waals surface area contributed by atoms with E-state index in [1.807, 2.05) is 0 Å². The van der Waals surface area contributed by atoms with Crippen molar-refractivity contribution in [3.8, 4) is 6.07 Å². The quantitative estimate of drug-likeness (QED) is 0.601. The average molecular weight is 200 g/mol. The van der Waals surface area contributed by atoms with Gasteiger partial charge in [0.25, 0.3) is 6.47 Å². The van der Waals surface area contributed by atoms with Gasteiger partial charge in [-0.25, -0.2) is 0 Å². The zero-order valence-electron chi connectivity index (χ0n) is 8.27. The first-order chi connectivity index (χ1) is 6.61. The third kappa shape index (κ3) is 4.21. The first-order valence-corrected chi connectivity index (χ1v) is 4.42. The van der Waals surface area contributed by atoms with Gasteiger partial charge in [0.05, 0.1) is 12.2 Å². The second-order valence-corrected chi connectivity index (χ2v) is 3.31. The number of nitrogens with zero attached hydrogens (tertiary/aromatic N) is 1. The van der Waals surface area contributed by atoms with E-state index in [9.17, 15) is 0 Å². The molecule has 0 aromatic carbocycles. The minimum atomic E-state index is -0.574. The predicted octanol–water partition coefficient (Wildman–Crippen LogP) is 0.497. The number of hydrogen-bond donors (Lipinski definition) is 2. The van der Waals surface area contributed by atoms with Crippen molar-refractivity contribution in [1.29, 1.82) is 5.26 Å². The van der Waals surface area contributed by atoms with Gasteiger partial charge in [0, 0.05) is 7.11 Å². The molecule has 1 saturated carbocycles. The van der Waals surface area contributed by atoms with E-state index in [0.717, 1.165) is 25.7 Å². The van der Waals surface area contributed by atoms with Crippen LogP contribution >= 0.6 is 0 Å². The molecule has 0 unspecified atom stereocenters. The number of carbonyl (C=O) groups is 1. The van der Waals surface area contributed by atoms with Crippen molar-refractivity contribution in [1.82, 2.24) is 0 Å². The van der Waals surface area contributed by atoms with Crippen LogP contribution < -0.4 is 5.73 Å². The third-order valence-corrected chi connectivity index (χ3v) is 2.38. The van der Waals surface area contributed by atoms with E-state index in [0.29, 0.717) is 6.10 Å². The standard InChI is InChI=1S/C8H14N2O.CH2O2/c1-11-7-2-4-8(10,6-9)5-3-7;2-1-3/h7H,2-5,10H2,1H3;1H,(H,2,3)/t7-,8+;. The summed E-state index contributed by atoms with van der Waals surface area (Å²) in [5, 5.41) is 15.6. The lowest BCUT2D eigenvalue weighted by atomic mass is 9.82. The monoisotopic (exact) mass is 200 g/mol. The van der Waals surface area contributed by atoms with Crippen molar-refractivity contribution in [3.05, 3.63) is 0 Å². The summed E-state index contributed by atoms with van der Waals surface area (Å²) in [5.41, 5.74) is 5.18. The Morgan fingerprint density at radius 2 is 2.07 bits per heavy atom. The van der Waals surface area contributed by atoms with E-state index in [2.05, 4.69) is 6.07 Å². The molecule has 80 valence electrons. The van der Waals surface area contributed by atoms with Crippen molar-refractivity contribution < 1.29 is 14.6 Å². The maximum Gasteiger partial charge on any atom is 0.290 e. The van der Waals surface area contributed by atoms with Crippen LogP contribution in [0.1, 0.15) is 25.7 Å². The van der Waals surface area contributed by atoms with Crippen molar-refractivity contribution in [2.75, 3.05) is 7.11 Å². The van der Waals surface area contributed by atoms with Crippen LogP contribution in [0.25, 0.3) is 0 Å². The molecule has 1 aliphatic rings. The molecule has 1 fully saturated rings. The molecular formula is C9H16N2O3. The minimum absolute atomic E-state index is 0.250. The molecule has 1 aliphatic carbocycles. The second kappa shape index (κ2) is 6.35. The summed E-state index contributed by atoms with van der Waals surface area (Å²) >= 11 is 0. The van der Waals surface area contributed by atoms with E-state index >= 15 is 0 Å².